The number of aromatic amines is 1. The summed E-state index contributed by atoms with van der Waals surface area (Å²) in [5, 5.41) is 15.0. The van der Waals surface area contributed by atoms with Crippen molar-refractivity contribution in [2.24, 2.45) is 0 Å². The highest BCUT2D eigenvalue weighted by molar-refractivity contribution is 5.85. The van der Waals surface area contributed by atoms with E-state index in [1.54, 1.807) is 0 Å². The summed E-state index contributed by atoms with van der Waals surface area (Å²) in [6.07, 6.45) is -4.34. The van der Waals surface area contributed by atoms with Gasteiger partial charge in [0.2, 0.25) is 5.82 Å². The van der Waals surface area contributed by atoms with Gasteiger partial charge < -0.3 is 4.57 Å². The van der Waals surface area contributed by atoms with Gasteiger partial charge in [-0.3, -0.25) is 0 Å². The maximum Gasteiger partial charge on any atom is 0.416 e. The monoisotopic (exact) mass is 343 g/mol. The van der Waals surface area contributed by atoms with E-state index in [1.807, 2.05) is 34.9 Å². The maximum absolute atomic E-state index is 12.7. The Labute approximate surface area is 140 Å². The second-order valence-electron chi connectivity index (χ2n) is 5.60. The zero-order valence-electron chi connectivity index (χ0n) is 12.8. The third-order valence-electron chi connectivity index (χ3n) is 4.01. The molecule has 0 fully saturated rings. The lowest BCUT2D eigenvalue weighted by Crippen LogP contribution is -2.06. The summed E-state index contributed by atoms with van der Waals surface area (Å²) in [5.41, 5.74) is 1.78. The molecule has 0 amide bonds. The predicted molar refractivity (Wildman–Crippen MR) is 85.7 cm³/mol. The van der Waals surface area contributed by atoms with E-state index in [1.165, 1.54) is 12.1 Å². The minimum Gasteiger partial charge on any atom is -0.333 e. The number of H-pyrrole nitrogens is 1. The Morgan fingerprint density at radius 1 is 1.00 bits per heavy atom. The molecule has 0 aliphatic heterocycles. The molecule has 2 aromatic heterocycles. The van der Waals surface area contributed by atoms with Crippen LogP contribution < -0.4 is 0 Å². The fraction of sp³-hybridized carbons (Fsp3) is 0.118. The van der Waals surface area contributed by atoms with Gasteiger partial charge in [0.1, 0.15) is 0 Å². The molecule has 4 rings (SSSR count). The van der Waals surface area contributed by atoms with Crippen LogP contribution in [0.3, 0.4) is 0 Å². The van der Waals surface area contributed by atoms with Crippen LogP contribution in [0.1, 0.15) is 11.1 Å². The summed E-state index contributed by atoms with van der Waals surface area (Å²) in [5.74, 6) is 0.433. The van der Waals surface area contributed by atoms with E-state index in [0.717, 1.165) is 34.3 Å². The first-order chi connectivity index (χ1) is 12.0. The molecular weight excluding hydrogens is 331 g/mol. The number of halogens is 3. The van der Waals surface area contributed by atoms with Crippen molar-refractivity contribution in [2.45, 2.75) is 12.7 Å². The molecule has 0 atom stereocenters. The van der Waals surface area contributed by atoms with Crippen LogP contribution in [0.2, 0.25) is 0 Å². The van der Waals surface area contributed by atoms with Gasteiger partial charge in [0.25, 0.3) is 0 Å². The number of tetrazole rings is 1. The molecule has 25 heavy (non-hydrogen) atoms. The van der Waals surface area contributed by atoms with Crippen molar-refractivity contribution in [3.05, 3.63) is 65.7 Å². The average molecular weight is 343 g/mol. The lowest BCUT2D eigenvalue weighted by atomic mass is 10.1. The Kier molecular flexibility index (Phi) is 3.52. The van der Waals surface area contributed by atoms with Gasteiger partial charge >= 0.3 is 6.18 Å². The van der Waals surface area contributed by atoms with Crippen LogP contribution in [0.25, 0.3) is 22.4 Å². The van der Waals surface area contributed by atoms with Gasteiger partial charge in [-0.25, -0.2) is 0 Å². The SMILES string of the molecule is FC(F)(F)c1ccc(Cn2c(-c3nn[nH]n3)cc3ccccc32)cc1. The molecule has 8 heteroatoms. The number of aromatic nitrogens is 5. The Morgan fingerprint density at radius 2 is 1.76 bits per heavy atom. The smallest absolute Gasteiger partial charge is 0.333 e. The molecule has 0 bridgehead atoms. The van der Waals surface area contributed by atoms with Crippen molar-refractivity contribution in [3.8, 4) is 11.5 Å². The van der Waals surface area contributed by atoms with Crippen LogP contribution >= 0.6 is 0 Å². The molecule has 0 unspecified atom stereocenters. The zero-order valence-corrected chi connectivity index (χ0v) is 12.8. The number of hydrogen-bond acceptors (Lipinski definition) is 3. The van der Waals surface area contributed by atoms with Gasteiger partial charge in [0.15, 0.2) is 0 Å². The molecule has 0 saturated carbocycles. The van der Waals surface area contributed by atoms with E-state index in [-0.39, 0.29) is 0 Å². The highest BCUT2D eigenvalue weighted by atomic mass is 19.4. The summed E-state index contributed by atoms with van der Waals surface area (Å²) in [6, 6.07) is 14.8. The topological polar surface area (TPSA) is 59.4 Å². The van der Waals surface area contributed by atoms with Gasteiger partial charge in [-0.05, 0) is 35.0 Å². The van der Waals surface area contributed by atoms with Crippen molar-refractivity contribution < 1.29 is 13.2 Å². The van der Waals surface area contributed by atoms with Crippen LogP contribution in [-0.4, -0.2) is 25.2 Å². The van der Waals surface area contributed by atoms with Gasteiger partial charge in [-0.1, -0.05) is 30.3 Å². The Hall–Kier alpha value is -3.16. The number of nitrogens with one attached hydrogen (secondary N) is 1. The molecule has 0 radical (unpaired) electrons. The van der Waals surface area contributed by atoms with Gasteiger partial charge in [-0.15, -0.1) is 10.2 Å². The van der Waals surface area contributed by atoms with E-state index in [9.17, 15) is 13.2 Å². The molecule has 2 heterocycles. The minimum atomic E-state index is -4.34. The number of nitrogens with zero attached hydrogens (tertiary/aromatic N) is 4. The first kappa shape index (κ1) is 15.4. The summed E-state index contributed by atoms with van der Waals surface area (Å²) in [4.78, 5) is 0. The van der Waals surface area contributed by atoms with Gasteiger partial charge in [0.05, 0.1) is 11.3 Å². The maximum atomic E-state index is 12.7. The normalized spacial score (nSPS) is 12.0. The van der Waals surface area contributed by atoms with Crippen molar-refractivity contribution >= 4 is 10.9 Å². The van der Waals surface area contributed by atoms with Crippen LogP contribution in [0.4, 0.5) is 13.2 Å². The largest absolute Gasteiger partial charge is 0.416 e. The first-order valence-corrected chi connectivity index (χ1v) is 7.50. The van der Waals surface area contributed by atoms with Crippen LogP contribution in [-0.2, 0) is 12.7 Å². The Bertz CT molecular complexity index is 1000. The number of benzene rings is 2. The summed E-state index contributed by atoms with van der Waals surface area (Å²) < 4.78 is 40.1. The molecule has 5 nitrogen and oxygen atoms in total. The number of fused-ring (bicyclic) bond motifs is 1. The highest BCUT2D eigenvalue weighted by Crippen LogP contribution is 2.30. The standard InChI is InChI=1S/C17H12F3N5/c18-17(19,20)13-7-5-11(6-8-13)10-25-14-4-2-1-3-12(14)9-15(25)16-21-23-24-22-16/h1-9H,10H2,(H,21,22,23,24). The Morgan fingerprint density at radius 3 is 2.44 bits per heavy atom. The van der Waals surface area contributed by atoms with Crippen LogP contribution in [0.15, 0.2) is 54.6 Å². The van der Waals surface area contributed by atoms with E-state index in [0.29, 0.717) is 12.4 Å². The third-order valence-corrected chi connectivity index (χ3v) is 4.01. The molecule has 0 spiro atoms. The zero-order chi connectivity index (χ0) is 17.4. The molecule has 126 valence electrons. The third kappa shape index (κ3) is 2.86. The number of rotatable bonds is 3. The molecule has 0 aliphatic rings. The summed E-state index contributed by atoms with van der Waals surface area (Å²) >= 11 is 0. The van der Waals surface area contributed by atoms with E-state index >= 15 is 0 Å². The fourth-order valence-corrected chi connectivity index (χ4v) is 2.82. The second-order valence-corrected chi connectivity index (χ2v) is 5.60. The molecule has 1 N–H and O–H groups in total. The molecule has 4 aromatic rings. The fourth-order valence-electron chi connectivity index (χ4n) is 2.82. The average Bonchev–Trinajstić information content (AvgIpc) is 3.23. The summed E-state index contributed by atoms with van der Waals surface area (Å²) in [7, 11) is 0. The molecule has 2 aromatic carbocycles. The molecule has 0 aliphatic carbocycles. The van der Waals surface area contributed by atoms with Crippen molar-refractivity contribution in [3.63, 3.8) is 0 Å². The lowest BCUT2D eigenvalue weighted by molar-refractivity contribution is -0.137. The first-order valence-electron chi connectivity index (χ1n) is 7.50. The van der Waals surface area contributed by atoms with E-state index < -0.39 is 11.7 Å². The quantitative estimate of drug-likeness (QED) is 0.614. The van der Waals surface area contributed by atoms with E-state index in [4.69, 9.17) is 0 Å². The van der Waals surface area contributed by atoms with Crippen molar-refractivity contribution in [1.29, 1.82) is 0 Å². The summed E-state index contributed by atoms with van der Waals surface area (Å²) in [6.45, 7) is 0.398. The number of hydrogen-bond donors (Lipinski definition) is 1. The Balaban J connectivity index is 1.77. The van der Waals surface area contributed by atoms with Crippen molar-refractivity contribution in [1.82, 2.24) is 25.2 Å². The van der Waals surface area contributed by atoms with E-state index in [2.05, 4.69) is 20.6 Å². The van der Waals surface area contributed by atoms with Crippen LogP contribution in [0.5, 0.6) is 0 Å². The number of alkyl halides is 3. The van der Waals surface area contributed by atoms with Gasteiger partial charge in [0, 0.05) is 17.4 Å². The molecular formula is C17H12F3N5. The van der Waals surface area contributed by atoms with Gasteiger partial charge in [-0.2, -0.15) is 18.4 Å². The second kappa shape index (κ2) is 5.73. The minimum absolute atomic E-state index is 0.398. The van der Waals surface area contributed by atoms with Crippen LogP contribution in [0, 0.1) is 0 Å². The highest BCUT2D eigenvalue weighted by Gasteiger charge is 2.30. The lowest BCUT2D eigenvalue weighted by Gasteiger charge is -2.11. The van der Waals surface area contributed by atoms with Crippen molar-refractivity contribution in [2.75, 3.05) is 0 Å². The molecule has 0 saturated heterocycles. The number of para-hydroxylation sites is 1. The predicted octanol–water partition coefficient (Wildman–Crippen LogP) is 3.89.